The maximum absolute atomic E-state index is 13.0. The molecule has 6 aliphatic rings. The summed E-state index contributed by atoms with van der Waals surface area (Å²) in [6.07, 6.45) is 0.944. The second-order valence-electron chi connectivity index (χ2n) is 9.25. The van der Waals surface area contributed by atoms with Crippen molar-refractivity contribution in [3.8, 4) is 0 Å². The Morgan fingerprint density at radius 2 is 2.04 bits per heavy atom. The molecule has 5 heterocycles. The number of hydrogen-bond donors (Lipinski definition) is 1. The van der Waals surface area contributed by atoms with E-state index in [1.165, 1.54) is 12.5 Å². The van der Waals surface area contributed by atoms with Gasteiger partial charge in [-0.3, -0.25) is 9.59 Å². The Hall–Kier alpha value is -2.19. The molecule has 148 valence electrons. The van der Waals surface area contributed by atoms with Crippen LogP contribution in [0.2, 0.25) is 0 Å². The van der Waals surface area contributed by atoms with E-state index in [0.29, 0.717) is 12.0 Å². The second-order valence-corrected chi connectivity index (χ2v) is 9.25. The molecule has 8 nitrogen and oxygen atoms in total. The van der Waals surface area contributed by atoms with Crippen molar-refractivity contribution in [1.82, 2.24) is 0 Å². The molecule has 2 aliphatic carbocycles. The standard InChI is InChI=1S/C20H20O8/c1-18(6-10(21)8-3-4-25-7-8)9-5-11(26-16(9)22)19(2)14(18)12-13-15(27-13)20(19,24)17(23)28-12/h3-4,7,9,11-15,24H,5-6H2,1-2H3/t9?,11?,12-,13-,14?,15-,18?,19+,20-/m0/s1. The number of ketones is 1. The SMILES string of the molecule is CC1(CC(=O)c2ccoc2)C2CC(OC2=O)[C@]2(C)C1[C@H]1OC(=O)[C@@]2(O)[C@H]2O[C@@H]12. The molecule has 4 aliphatic heterocycles. The van der Waals surface area contributed by atoms with E-state index in [9.17, 15) is 19.5 Å². The summed E-state index contributed by atoms with van der Waals surface area (Å²) in [6.45, 7) is 3.65. The summed E-state index contributed by atoms with van der Waals surface area (Å²) >= 11 is 0. The van der Waals surface area contributed by atoms with Crippen molar-refractivity contribution in [2.75, 3.05) is 0 Å². The summed E-state index contributed by atoms with van der Waals surface area (Å²) < 4.78 is 22.0. The molecule has 4 bridgehead atoms. The summed E-state index contributed by atoms with van der Waals surface area (Å²) in [5, 5.41) is 11.5. The molecule has 9 atom stereocenters. The topological polar surface area (TPSA) is 116 Å². The molecule has 0 aromatic carbocycles. The Morgan fingerprint density at radius 3 is 2.75 bits per heavy atom. The van der Waals surface area contributed by atoms with Gasteiger partial charge in [0.25, 0.3) is 0 Å². The average Bonchev–Trinajstić information content (AvgIpc) is 3.10. The van der Waals surface area contributed by atoms with E-state index >= 15 is 0 Å². The van der Waals surface area contributed by atoms with Gasteiger partial charge < -0.3 is 23.7 Å². The fourth-order valence-corrected chi connectivity index (χ4v) is 6.78. The van der Waals surface area contributed by atoms with E-state index in [2.05, 4.69) is 0 Å². The van der Waals surface area contributed by atoms with Crippen LogP contribution >= 0.6 is 0 Å². The molecule has 0 radical (unpaired) electrons. The fourth-order valence-electron chi connectivity index (χ4n) is 6.78. The first kappa shape index (κ1) is 16.7. The summed E-state index contributed by atoms with van der Waals surface area (Å²) in [7, 11) is 0. The van der Waals surface area contributed by atoms with Crippen LogP contribution in [0.5, 0.6) is 0 Å². The van der Waals surface area contributed by atoms with Crippen molar-refractivity contribution in [3.63, 3.8) is 0 Å². The van der Waals surface area contributed by atoms with Gasteiger partial charge in [-0.25, -0.2) is 4.79 Å². The van der Waals surface area contributed by atoms with Crippen LogP contribution in [0.3, 0.4) is 0 Å². The number of fused-ring (bicyclic) bond motifs is 3. The third kappa shape index (κ3) is 1.57. The first-order valence-corrected chi connectivity index (χ1v) is 9.57. The van der Waals surface area contributed by atoms with Crippen LogP contribution < -0.4 is 0 Å². The number of rotatable bonds is 3. The zero-order valence-electron chi connectivity index (χ0n) is 15.4. The lowest BCUT2D eigenvalue weighted by atomic mass is 9.41. The highest BCUT2D eigenvalue weighted by Gasteiger charge is 2.87. The number of furan rings is 1. The van der Waals surface area contributed by atoms with Crippen LogP contribution in [0.25, 0.3) is 0 Å². The minimum absolute atomic E-state index is 0.0563. The Kier molecular flexibility index (Phi) is 2.80. The molecular formula is C20H20O8. The minimum atomic E-state index is -1.89. The van der Waals surface area contributed by atoms with Gasteiger partial charge in [-0.1, -0.05) is 13.8 Å². The fraction of sp³-hybridized carbons (Fsp3) is 0.650. The largest absolute Gasteiger partial charge is 0.472 e. The number of epoxide rings is 1. The lowest BCUT2D eigenvalue weighted by Gasteiger charge is -2.64. The van der Waals surface area contributed by atoms with Gasteiger partial charge in [0, 0.05) is 12.3 Å². The molecule has 6 fully saturated rings. The molecular weight excluding hydrogens is 368 g/mol. The predicted molar refractivity (Wildman–Crippen MR) is 88.8 cm³/mol. The zero-order chi connectivity index (χ0) is 19.6. The van der Waals surface area contributed by atoms with Crippen molar-refractivity contribution in [2.45, 2.75) is 56.7 Å². The number of carbonyl (C=O) groups is 3. The summed E-state index contributed by atoms with van der Waals surface area (Å²) in [4.78, 5) is 38.4. The molecule has 4 saturated heterocycles. The predicted octanol–water partition coefficient (Wildman–Crippen LogP) is 0.864. The molecule has 7 rings (SSSR count). The Morgan fingerprint density at radius 1 is 1.25 bits per heavy atom. The first-order valence-electron chi connectivity index (χ1n) is 9.57. The van der Waals surface area contributed by atoms with E-state index in [4.69, 9.17) is 18.6 Å². The van der Waals surface area contributed by atoms with Crippen LogP contribution in [0.4, 0.5) is 0 Å². The quantitative estimate of drug-likeness (QED) is 0.461. The molecule has 28 heavy (non-hydrogen) atoms. The number of Topliss-reactive ketones (excluding diaryl/α,β-unsaturated/α-hetero) is 1. The smallest absolute Gasteiger partial charge is 0.342 e. The zero-order valence-corrected chi connectivity index (χ0v) is 15.4. The number of aliphatic hydroxyl groups is 1. The van der Waals surface area contributed by atoms with Crippen molar-refractivity contribution in [1.29, 1.82) is 0 Å². The highest BCUT2D eigenvalue weighted by atomic mass is 16.7. The van der Waals surface area contributed by atoms with E-state index in [1.807, 2.05) is 6.92 Å². The Bertz CT molecular complexity index is 923. The van der Waals surface area contributed by atoms with E-state index in [-0.39, 0.29) is 18.2 Å². The highest BCUT2D eigenvalue weighted by Crippen LogP contribution is 2.72. The Balaban J connectivity index is 1.51. The minimum Gasteiger partial charge on any atom is -0.472 e. The van der Waals surface area contributed by atoms with Crippen molar-refractivity contribution >= 4 is 17.7 Å². The summed E-state index contributed by atoms with van der Waals surface area (Å²) in [6, 6.07) is 1.59. The summed E-state index contributed by atoms with van der Waals surface area (Å²) in [5.74, 6) is -2.22. The molecule has 1 aromatic rings. The second kappa shape index (κ2) is 4.68. The van der Waals surface area contributed by atoms with Crippen LogP contribution in [-0.2, 0) is 23.8 Å². The maximum atomic E-state index is 13.0. The number of ether oxygens (including phenoxy) is 3. The van der Waals surface area contributed by atoms with Crippen LogP contribution in [0, 0.1) is 22.7 Å². The molecule has 0 spiro atoms. The van der Waals surface area contributed by atoms with Crippen molar-refractivity contribution in [3.05, 3.63) is 24.2 Å². The molecule has 8 heteroatoms. The van der Waals surface area contributed by atoms with Crippen molar-refractivity contribution < 1.29 is 38.1 Å². The maximum Gasteiger partial charge on any atom is 0.342 e. The highest BCUT2D eigenvalue weighted by molar-refractivity contribution is 5.97. The Labute approximate surface area is 160 Å². The average molecular weight is 388 g/mol. The van der Waals surface area contributed by atoms with Gasteiger partial charge in [-0.2, -0.15) is 0 Å². The van der Waals surface area contributed by atoms with E-state index in [1.54, 1.807) is 13.0 Å². The van der Waals surface area contributed by atoms with E-state index in [0.717, 1.165) is 0 Å². The normalized spacial score (nSPS) is 52.5. The molecule has 4 unspecified atom stereocenters. The van der Waals surface area contributed by atoms with Crippen LogP contribution in [0.1, 0.15) is 37.0 Å². The van der Waals surface area contributed by atoms with E-state index < -0.39 is 58.7 Å². The lowest BCUT2D eigenvalue weighted by Crippen LogP contribution is -2.78. The molecule has 1 N–H and O–H groups in total. The first-order chi connectivity index (χ1) is 13.2. The lowest BCUT2D eigenvalue weighted by molar-refractivity contribution is -0.283. The van der Waals surface area contributed by atoms with Gasteiger partial charge in [-0.05, 0) is 17.9 Å². The molecule has 0 amide bonds. The van der Waals surface area contributed by atoms with Gasteiger partial charge in [0.2, 0.25) is 0 Å². The third-order valence-electron chi connectivity index (χ3n) is 8.16. The van der Waals surface area contributed by atoms with Gasteiger partial charge in [-0.15, -0.1) is 0 Å². The van der Waals surface area contributed by atoms with Crippen LogP contribution in [-0.4, -0.2) is 52.8 Å². The van der Waals surface area contributed by atoms with Gasteiger partial charge in [0.05, 0.1) is 23.2 Å². The van der Waals surface area contributed by atoms with Gasteiger partial charge in [0.15, 0.2) is 11.4 Å². The number of esters is 2. The van der Waals surface area contributed by atoms with Crippen LogP contribution in [0.15, 0.2) is 23.0 Å². The molecule has 1 aromatic heterocycles. The summed E-state index contributed by atoms with van der Waals surface area (Å²) in [5.41, 5.74) is -3.41. The third-order valence-corrected chi connectivity index (χ3v) is 8.16. The van der Waals surface area contributed by atoms with Gasteiger partial charge in [0.1, 0.15) is 30.7 Å². The molecule has 2 saturated carbocycles. The number of carbonyl (C=O) groups excluding carboxylic acids is 3. The van der Waals surface area contributed by atoms with Crippen molar-refractivity contribution in [2.24, 2.45) is 22.7 Å². The number of hydrogen-bond acceptors (Lipinski definition) is 8. The monoisotopic (exact) mass is 388 g/mol. The van der Waals surface area contributed by atoms with Gasteiger partial charge >= 0.3 is 11.9 Å².